The van der Waals surface area contributed by atoms with Crippen LogP contribution in [0.5, 0.6) is 0 Å². The second-order valence-corrected chi connectivity index (χ2v) is 5.83. The Morgan fingerprint density at radius 3 is 2.30 bits per heavy atom. The van der Waals surface area contributed by atoms with Crippen molar-refractivity contribution < 1.29 is 14.3 Å². The molecule has 0 aliphatic rings. The topological polar surface area (TPSA) is 46.6 Å². The summed E-state index contributed by atoms with van der Waals surface area (Å²) in [7, 11) is 1.66. The molecule has 1 amide bonds. The molecule has 120 valence electrons. The first kappa shape index (κ1) is 17.1. The first-order valence-corrected chi connectivity index (χ1v) is 8.43. The highest BCUT2D eigenvalue weighted by molar-refractivity contribution is 7.98. The Kier molecular flexibility index (Phi) is 5.82. The second kappa shape index (κ2) is 7.83. The molecule has 2 aromatic rings. The van der Waals surface area contributed by atoms with E-state index in [-0.39, 0.29) is 5.91 Å². The van der Waals surface area contributed by atoms with Crippen LogP contribution >= 0.6 is 11.8 Å². The summed E-state index contributed by atoms with van der Waals surface area (Å²) in [6.07, 6.45) is 1.03. The number of amides is 1. The SMILES string of the molecule is CSc1ccccc1C(=O)O[C@@H](C)C(=O)N(C)c1ccccc1. The van der Waals surface area contributed by atoms with Crippen molar-refractivity contribution in [1.82, 2.24) is 0 Å². The van der Waals surface area contributed by atoms with Gasteiger partial charge in [0, 0.05) is 17.6 Å². The van der Waals surface area contributed by atoms with E-state index in [2.05, 4.69) is 0 Å². The van der Waals surface area contributed by atoms with Crippen LogP contribution in [0.25, 0.3) is 0 Å². The fourth-order valence-corrected chi connectivity index (χ4v) is 2.73. The van der Waals surface area contributed by atoms with E-state index < -0.39 is 12.1 Å². The van der Waals surface area contributed by atoms with E-state index in [4.69, 9.17) is 4.74 Å². The minimum absolute atomic E-state index is 0.272. The van der Waals surface area contributed by atoms with Gasteiger partial charge in [-0.25, -0.2) is 4.79 Å². The highest BCUT2D eigenvalue weighted by Crippen LogP contribution is 2.21. The first-order chi connectivity index (χ1) is 11.0. The summed E-state index contributed by atoms with van der Waals surface area (Å²) >= 11 is 1.47. The standard InChI is InChI=1S/C18H19NO3S/c1-13(17(20)19(2)14-9-5-4-6-10-14)22-18(21)15-11-7-8-12-16(15)23-3/h4-13H,1-3H3/t13-/m0/s1. The predicted molar refractivity (Wildman–Crippen MR) is 93.0 cm³/mol. The van der Waals surface area contributed by atoms with Gasteiger partial charge in [0.2, 0.25) is 0 Å². The van der Waals surface area contributed by atoms with Gasteiger partial charge >= 0.3 is 5.97 Å². The molecule has 1 atom stereocenters. The van der Waals surface area contributed by atoms with Gasteiger partial charge in [0.15, 0.2) is 6.10 Å². The number of esters is 1. The maximum Gasteiger partial charge on any atom is 0.340 e. The smallest absolute Gasteiger partial charge is 0.340 e. The van der Waals surface area contributed by atoms with Crippen LogP contribution in [-0.4, -0.2) is 31.3 Å². The Labute approximate surface area is 140 Å². The molecule has 0 unspecified atom stereocenters. The monoisotopic (exact) mass is 329 g/mol. The molecule has 0 N–H and O–H groups in total. The third kappa shape index (κ3) is 4.13. The summed E-state index contributed by atoms with van der Waals surface area (Å²) in [6, 6.07) is 16.4. The van der Waals surface area contributed by atoms with Crippen molar-refractivity contribution in [3.05, 3.63) is 60.2 Å². The number of rotatable bonds is 5. The number of carbonyl (C=O) groups is 2. The van der Waals surface area contributed by atoms with E-state index in [0.717, 1.165) is 10.6 Å². The van der Waals surface area contributed by atoms with Crippen molar-refractivity contribution in [2.45, 2.75) is 17.9 Å². The number of anilines is 1. The number of benzene rings is 2. The van der Waals surface area contributed by atoms with E-state index in [1.807, 2.05) is 48.7 Å². The Bertz CT molecular complexity index is 688. The Morgan fingerprint density at radius 1 is 1.04 bits per heavy atom. The van der Waals surface area contributed by atoms with Gasteiger partial charge in [-0.15, -0.1) is 11.8 Å². The molecule has 0 aliphatic heterocycles. The molecular weight excluding hydrogens is 310 g/mol. The molecule has 0 heterocycles. The van der Waals surface area contributed by atoms with Crippen LogP contribution in [0.3, 0.4) is 0 Å². The van der Waals surface area contributed by atoms with Crippen LogP contribution in [0.4, 0.5) is 5.69 Å². The molecule has 0 aromatic heterocycles. The van der Waals surface area contributed by atoms with Crippen molar-refractivity contribution in [2.24, 2.45) is 0 Å². The summed E-state index contributed by atoms with van der Waals surface area (Å²) in [6.45, 7) is 1.58. The lowest BCUT2D eigenvalue weighted by atomic mass is 10.2. The highest BCUT2D eigenvalue weighted by atomic mass is 32.2. The molecule has 2 rings (SSSR count). The molecule has 0 fully saturated rings. The lowest BCUT2D eigenvalue weighted by molar-refractivity contribution is -0.126. The summed E-state index contributed by atoms with van der Waals surface area (Å²) in [5.74, 6) is -0.761. The molecule has 0 bridgehead atoms. The van der Waals surface area contributed by atoms with Gasteiger partial charge in [-0.3, -0.25) is 4.79 Å². The number of likely N-dealkylation sites (N-methyl/N-ethyl adjacent to an activating group) is 1. The third-order valence-electron chi connectivity index (χ3n) is 3.43. The van der Waals surface area contributed by atoms with E-state index in [1.54, 1.807) is 26.1 Å². The van der Waals surface area contributed by atoms with Crippen molar-refractivity contribution in [1.29, 1.82) is 0 Å². The van der Waals surface area contributed by atoms with Crippen molar-refractivity contribution in [2.75, 3.05) is 18.2 Å². The van der Waals surface area contributed by atoms with Gasteiger partial charge < -0.3 is 9.64 Å². The molecule has 4 nitrogen and oxygen atoms in total. The summed E-state index contributed by atoms with van der Waals surface area (Å²) in [5.41, 5.74) is 1.23. The highest BCUT2D eigenvalue weighted by Gasteiger charge is 2.24. The maximum atomic E-state index is 12.4. The summed E-state index contributed by atoms with van der Waals surface area (Å²) in [4.78, 5) is 27.0. The Morgan fingerprint density at radius 2 is 1.65 bits per heavy atom. The number of hydrogen-bond acceptors (Lipinski definition) is 4. The van der Waals surface area contributed by atoms with E-state index in [1.165, 1.54) is 16.7 Å². The lowest BCUT2D eigenvalue weighted by Gasteiger charge is -2.21. The van der Waals surface area contributed by atoms with Crippen LogP contribution in [-0.2, 0) is 9.53 Å². The van der Waals surface area contributed by atoms with Gasteiger partial charge in [0.25, 0.3) is 5.91 Å². The average Bonchev–Trinajstić information content (AvgIpc) is 2.60. The molecule has 0 radical (unpaired) electrons. The number of thioether (sulfide) groups is 1. The van der Waals surface area contributed by atoms with Gasteiger partial charge in [-0.2, -0.15) is 0 Å². The molecule has 0 saturated heterocycles. The van der Waals surface area contributed by atoms with Crippen molar-refractivity contribution in [3.63, 3.8) is 0 Å². The van der Waals surface area contributed by atoms with Gasteiger partial charge in [-0.1, -0.05) is 30.3 Å². The van der Waals surface area contributed by atoms with Crippen LogP contribution in [0.2, 0.25) is 0 Å². The van der Waals surface area contributed by atoms with Gasteiger partial charge in [0.05, 0.1) is 5.56 Å². The van der Waals surface area contributed by atoms with Gasteiger partial charge in [0.1, 0.15) is 0 Å². The summed E-state index contributed by atoms with van der Waals surface area (Å²) < 4.78 is 5.34. The number of para-hydroxylation sites is 1. The molecular formula is C18H19NO3S. The van der Waals surface area contributed by atoms with E-state index in [0.29, 0.717) is 5.56 Å². The molecule has 2 aromatic carbocycles. The molecule has 0 saturated carbocycles. The first-order valence-electron chi connectivity index (χ1n) is 7.21. The molecule has 0 spiro atoms. The predicted octanol–water partition coefficient (Wildman–Crippen LogP) is 3.62. The fraction of sp³-hybridized carbons (Fsp3) is 0.222. The zero-order valence-corrected chi connectivity index (χ0v) is 14.2. The van der Waals surface area contributed by atoms with Crippen LogP contribution in [0, 0.1) is 0 Å². The Hall–Kier alpha value is -2.27. The lowest BCUT2D eigenvalue weighted by Crippen LogP contribution is -2.37. The number of ether oxygens (including phenoxy) is 1. The van der Waals surface area contributed by atoms with Crippen molar-refractivity contribution in [3.8, 4) is 0 Å². The van der Waals surface area contributed by atoms with Crippen LogP contribution in [0.1, 0.15) is 17.3 Å². The molecule has 0 aliphatic carbocycles. The normalized spacial score (nSPS) is 11.6. The van der Waals surface area contributed by atoms with Crippen molar-refractivity contribution >= 4 is 29.3 Å². The molecule has 5 heteroatoms. The Balaban J connectivity index is 2.07. The van der Waals surface area contributed by atoms with E-state index >= 15 is 0 Å². The summed E-state index contributed by atoms with van der Waals surface area (Å²) in [5, 5.41) is 0. The molecule has 23 heavy (non-hydrogen) atoms. The zero-order valence-electron chi connectivity index (χ0n) is 13.4. The zero-order chi connectivity index (χ0) is 16.8. The van der Waals surface area contributed by atoms with E-state index in [9.17, 15) is 9.59 Å². The third-order valence-corrected chi connectivity index (χ3v) is 4.23. The minimum Gasteiger partial charge on any atom is -0.449 e. The second-order valence-electron chi connectivity index (χ2n) is 4.98. The average molecular weight is 329 g/mol. The van der Waals surface area contributed by atoms with Crippen LogP contribution in [0.15, 0.2) is 59.5 Å². The fourth-order valence-electron chi connectivity index (χ4n) is 2.14. The number of carbonyl (C=O) groups excluding carboxylic acids is 2. The number of nitrogens with zero attached hydrogens (tertiary/aromatic N) is 1. The van der Waals surface area contributed by atoms with Gasteiger partial charge in [-0.05, 0) is 37.4 Å². The minimum atomic E-state index is -0.859. The maximum absolute atomic E-state index is 12.4. The number of hydrogen-bond donors (Lipinski definition) is 0. The quantitative estimate of drug-likeness (QED) is 0.621. The van der Waals surface area contributed by atoms with Crippen LogP contribution < -0.4 is 4.90 Å². The largest absolute Gasteiger partial charge is 0.449 e.